The number of ether oxygens (including phenoxy) is 1. The molecule has 0 aromatic heterocycles. The Bertz CT molecular complexity index is 440. The molecule has 4 nitrogen and oxygen atoms in total. The summed E-state index contributed by atoms with van der Waals surface area (Å²) in [5, 5.41) is 13.3. The van der Waals surface area contributed by atoms with Gasteiger partial charge in [-0.2, -0.15) is 0 Å². The molecule has 0 amide bonds. The Labute approximate surface area is 121 Å². The van der Waals surface area contributed by atoms with Crippen molar-refractivity contribution < 1.29 is 9.84 Å². The van der Waals surface area contributed by atoms with Gasteiger partial charge >= 0.3 is 0 Å². The summed E-state index contributed by atoms with van der Waals surface area (Å²) in [6.45, 7) is 8.38. The summed E-state index contributed by atoms with van der Waals surface area (Å²) in [6.07, 6.45) is 1.13. The van der Waals surface area contributed by atoms with Gasteiger partial charge in [-0.3, -0.25) is 4.90 Å². The minimum absolute atomic E-state index is 0.0829. The van der Waals surface area contributed by atoms with Gasteiger partial charge in [0, 0.05) is 19.6 Å². The van der Waals surface area contributed by atoms with E-state index in [4.69, 9.17) is 4.74 Å². The highest BCUT2D eigenvalue weighted by atomic mass is 16.5. The summed E-state index contributed by atoms with van der Waals surface area (Å²) < 4.78 is 5.37. The van der Waals surface area contributed by atoms with Crippen molar-refractivity contribution in [3.05, 3.63) is 28.8 Å². The zero-order chi connectivity index (χ0) is 14.5. The van der Waals surface area contributed by atoms with Crippen LogP contribution in [0, 0.1) is 13.8 Å². The molecule has 0 saturated carbocycles. The normalized spacial score (nSPS) is 18.6. The van der Waals surface area contributed by atoms with Crippen LogP contribution < -0.4 is 10.1 Å². The number of aryl methyl sites for hydroxylation is 2. The van der Waals surface area contributed by atoms with Gasteiger partial charge in [-0.25, -0.2) is 0 Å². The van der Waals surface area contributed by atoms with Gasteiger partial charge in [0.25, 0.3) is 0 Å². The molecular weight excluding hydrogens is 252 g/mol. The van der Waals surface area contributed by atoms with Crippen LogP contribution in [0.4, 0.5) is 0 Å². The number of aliphatic hydroxyl groups is 1. The van der Waals surface area contributed by atoms with Gasteiger partial charge in [-0.1, -0.05) is 6.07 Å². The maximum Gasteiger partial charge on any atom is 0.122 e. The molecule has 2 N–H and O–H groups in total. The van der Waals surface area contributed by atoms with Crippen molar-refractivity contribution in [2.24, 2.45) is 0 Å². The summed E-state index contributed by atoms with van der Waals surface area (Å²) in [6, 6.07) is 4.32. The molecule has 1 aliphatic rings. The maximum absolute atomic E-state index is 9.87. The van der Waals surface area contributed by atoms with Crippen LogP contribution in [-0.2, 0) is 0 Å². The lowest BCUT2D eigenvalue weighted by Crippen LogP contribution is -2.34. The van der Waals surface area contributed by atoms with Gasteiger partial charge < -0.3 is 15.2 Å². The zero-order valence-corrected chi connectivity index (χ0v) is 12.8. The Balaban J connectivity index is 2.28. The van der Waals surface area contributed by atoms with Gasteiger partial charge in [0.1, 0.15) is 5.75 Å². The first-order chi connectivity index (χ1) is 9.67. The zero-order valence-electron chi connectivity index (χ0n) is 12.8. The first-order valence-electron chi connectivity index (χ1n) is 7.38. The van der Waals surface area contributed by atoms with E-state index in [1.807, 2.05) is 0 Å². The van der Waals surface area contributed by atoms with Gasteiger partial charge in [-0.05, 0) is 49.6 Å². The van der Waals surface area contributed by atoms with E-state index >= 15 is 0 Å². The molecule has 1 heterocycles. The van der Waals surface area contributed by atoms with Crippen LogP contribution in [0.25, 0.3) is 0 Å². The molecule has 20 heavy (non-hydrogen) atoms. The van der Waals surface area contributed by atoms with Crippen molar-refractivity contribution in [3.8, 4) is 5.75 Å². The first-order valence-corrected chi connectivity index (χ1v) is 7.38. The standard InChI is InChI=1S/C16H26N2O2/c1-12-10-16(20-3)13(2)9-14(12)15(11-19)18-7-4-5-17-6-8-18/h9-10,15,17,19H,4-8,11H2,1-3H3. The van der Waals surface area contributed by atoms with Gasteiger partial charge in [0.15, 0.2) is 0 Å². The fourth-order valence-electron chi connectivity index (χ4n) is 2.98. The average Bonchev–Trinajstić information content (AvgIpc) is 2.72. The molecule has 1 saturated heterocycles. The fourth-order valence-corrected chi connectivity index (χ4v) is 2.98. The van der Waals surface area contributed by atoms with E-state index in [1.165, 1.54) is 11.1 Å². The highest BCUT2D eigenvalue weighted by Gasteiger charge is 2.22. The van der Waals surface area contributed by atoms with E-state index in [0.717, 1.165) is 43.9 Å². The van der Waals surface area contributed by atoms with Crippen molar-refractivity contribution in [2.45, 2.75) is 26.3 Å². The lowest BCUT2D eigenvalue weighted by molar-refractivity contribution is 0.129. The van der Waals surface area contributed by atoms with Crippen molar-refractivity contribution in [1.29, 1.82) is 0 Å². The van der Waals surface area contributed by atoms with Crippen molar-refractivity contribution >= 4 is 0 Å². The third-order valence-electron chi connectivity index (χ3n) is 4.13. The van der Waals surface area contributed by atoms with Crippen LogP contribution in [0.15, 0.2) is 12.1 Å². The molecule has 1 atom stereocenters. The predicted molar refractivity (Wildman–Crippen MR) is 81.4 cm³/mol. The molecular formula is C16H26N2O2. The monoisotopic (exact) mass is 278 g/mol. The van der Waals surface area contributed by atoms with E-state index in [-0.39, 0.29) is 12.6 Å². The number of benzene rings is 1. The summed E-state index contributed by atoms with van der Waals surface area (Å²) in [5.74, 6) is 0.917. The molecule has 4 heteroatoms. The Hall–Kier alpha value is -1.10. The molecule has 0 bridgehead atoms. The largest absolute Gasteiger partial charge is 0.496 e. The molecule has 1 aliphatic heterocycles. The van der Waals surface area contributed by atoms with Crippen molar-refractivity contribution in [3.63, 3.8) is 0 Å². The number of hydrogen-bond acceptors (Lipinski definition) is 4. The van der Waals surface area contributed by atoms with Crippen molar-refractivity contribution in [1.82, 2.24) is 10.2 Å². The van der Waals surface area contributed by atoms with Gasteiger partial charge in [0.05, 0.1) is 19.8 Å². The molecule has 1 fully saturated rings. The fraction of sp³-hybridized carbons (Fsp3) is 0.625. The first kappa shape index (κ1) is 15.3. The molecule has 1 aromatic rings. The number of hydrogen-bond donors (Lipinski definition) is 2. The maximum atomic E-state index is 9.87. The number of methoxy groups -OCH3 is 1. The van der Waals surface area contributed by atoms with E-state index in [2.05, 4.69) is 36.2 Å². The molecule has 112 valence electrons. The molecule has 0 aliphatic carbocycles. The Morgan fingerprint density at radius 2 is 2.05 bits per heavy atom. The summed E-state index contributed by atoms with van der Waals surface area (Å²) in [7, 11) is 1.70. The summed E-state index contributed by atoms with van der Waals surface area (Å²) in [4.78, 5) is 2.38. The number of rotatable bonds is 4. The summed E-state index contributed by atoms with van der Waals surface area (Å²) in [5.41, 5.74) is 3.52. The molecule has 0 radical (unpaired) electrons. The lowest BCUT2D eigenvalue weighted by atomic mass is 9.97. The van der Waals surface area contributed by atoms with Crippen LogP contribution >= 0.6 is 0 Å². The molecule has 0 spiro atoms. The van der Waals surface area contributed by atoms with Crippen LogP contribution in [0.1, 0.15) is 29.2 Å². The summed E-state index contributed by atoms with van der Waals surface area (Å²) >= 11 is 0. The Kier molecular flexibility index (Phi) is 5.40. The second-order valence-corrected chi connectivity index (χ2v) is 5.52. The average molecular weight is 278 g/mol. The topological polar surface area (TPSA) is 44.7 Å². The van der Waals surface area contributed by atoms with Crippen molar-refractivity contribution in [2.75, 3.05) is 39.9 Å². The minimum Gasteiger partial charge on any atom is -0.496 e. The van der Waals surface area contributed by atoms with E-state index in [9.17, 15) is 5.11 Å². The van der Waals surface area contributed by atoms with Crippen LogP contribution in [0.5, 0.6) is 5.75 Å². The second-order valence-electron chi connectivity index (χ2n) is 5.52. The third kappa shape index (κ3) is 3.32. The lowest BCUT2D eigenvalue weighted by Gasteiger charge is -2.30. The van der Waals surface area contributed by atoms with Crippen LogP contribution in [-0.4, -0.2) is 49.9 Å². The number of nitrogens with one attached hydrogen (secondary N) is 1. The number of nitrogens with zero attached hydrogens (tertiary/aromatic N) is 1. The third-order valence-corrected chi connectivity index (χ3v) is 4.13. The number of aliphatic hydroxyl groups excluding tert-OH is 1. The predicted octanol–water partition coefficient (Wildman–Crippen LogP) is 1.64. The molecule has 1 unspecified atom stereocenters. The minimum atomic E-state index is 0.0829. The molecule has 2 rings (SSSR count). The quantitative estimate of drug-likeness (QED) is 0.879. The van der Waals surface area contributed by atoms with Crippen LogP contribution in [0.2, 0.25) is 0 Å². The molecule has 1 aromatic carbocycles. The SMILES string of the molecule is COc1cc(C)c(C(CO)N2CCCNCC2)cc1C. The highest BCUT2D eigenvalue weighted by Crippen LogP contribution is 2.29. The second kappa shape index (κ2) is 7.07. The van der Waals surface area contributed by atoms with Gasteiger partial charge in [-0.15, -0.1) is 0 Å². The van der Waals surface area contributed by atoms with E-state index in [1.54, 1.807) is 7.11 Å². The van der Waals surface area contributed by atoms with Crippen LogP contribution in [0.3, 0.4) is 0 Å². The van der Waals surface area contributed by atoms with E-state index < -0.39 is 0 Å². The highest BCUT2D eigenvalue weighted by molar-refractivity contribution is 5.43. The Morgan fingerprint density at radius 3 is 2.75 bits per heavy atom. The van der Waals surface area contributed by atoms with E-state index in [0.29, 0.717) is 0 Å². The van der Waals surface area contributed by atoms with Gasteiger partial charge in [0.2, 0.25) is 0 Å². The Morgan fingerprint density at radius 1 is 1.25 bits per heavy atom. The smallest absolute Gasteiger partial charge is 0.122 e.